The van der Waals surface area contributed by atoms with Crippen LogP contribution in [0.25, 0.3) is 6.08 Å². The van der Waals surface area contributed by atoms with Gasteiger partial charge in [-0.3, -0.25) is 4.74 Å². The molecule has 164 valence electrons. The number of benzene rings is 1. The van der Waals surface area contributed by atoms with Gasteiger partial charge in [0.25, 0.3) is 0 Å². The molecule has 0 N–H and O–H groups in total. The third-order valence-electron chi connectivity index (χ3n) is 4.43. The van der Waals surface area contributed by atoms with Crippen molar-refractivity contribution in [3.63, 3.8) is 0 Å². The van der Waals surface area contributed by atoms with E-state index in [0.29, 0.717) is 0 Å². The standard InChI is InChI=1S/C17H32NP.C10H10.Ti/c1-14(2)11-19(12-15(3)4,13-16(5)6)18-17-9-7-8-10-17;1-2-3-7-10-8-5-4-6-9-10;/h7-9,14-16H,10-13H2,1-6H3;2-9H,1H2;. The molecule has 0 unspecified atom stereocenters. The van der Waals surface area contributed by atoms with E-state index in [4.69, 9.17) is 4.74 Å². The molecule has 3 heteroatoms. The number of hydrogen-bond donors (Lipinski definition) is 0. The summed E-state index contributed by atoms with van der Waals surface area (Å²) in [5.74, 6) is 2.26. The summed E-state index contributed by atoms with van der Waals surface area (Å²) in [5, 5.41) is 0. The molecule has 0 amide bonds. The zero-order valence-corrected chi connectivity index (χ0v) is 22.5. The second-order valence-corrected chi connectivity index (χ2v) is 12.7. The van der Waals surface area contributed by atoms with E-state index in [1.54, 1.807) is 6.08 Å². The molecule has 0 heterocycles. The van der Waals surface area contributed by atoms with E-state index in [1.807, 2.05) is 30.4 Å². The summed E-state index contributed by atoms with van der Waals surface area (Å²) >= 11 is 0. The van der Waals surface area contributed by atoms with Gasteiger partial charge in [0, 0.05) is 33.8 Å². The van der Waals surface area contributed by atoms with Crippen molar-refractivity contribution in [2.75, 3.05) is 18.5 Å². The smallest absolute Gasteiger partial charge is 0.0425 e. The molecular weight excluding hydrogens is 417 g/mol. The Labute approximate surface area is 201 Å². The van der Waals surface area contributed by atoms with Crippen molar-refractivity contribution < 1.29 is 21.7 Å². The molecule has 1 nitrogen and oxygen atoms in total. The van der Waals surface area contributed by atoms with E-state index in [9.17, 15) is 0 Å². The summed E-state index contributed by atoms with van der Waals surface area (Å²) in [7, 11) is -1.20. The molecule has 1 aromatic carbocycles. The van der Waals surface area contributed by atoms with Crippen molar-refractivity contribution in [2.24, 2.45) is 22.5 Å². The molecule has 0 saturated heterocycles. The topological polar surface area (TPSA) is 12.4 Å². The van der Waals surface area contributed by atoms with Crippen LogP contribution in [-0.4, -0.2) is 18.5 Å². The van der Waals surface area contributed by atoms with E-state index in [-0.39, 0.29) is 21.7 Å². The summed E-state index contributed by atoms with van der Waals surface area (Å²) in [4.78, 5) is 0. The first-order chi connectivity index (χ1) is 13.8. The van der Waals surface area contributed by atoms with Gasteiger partial charge in [0.05, 0.1) is 0 Å². The average Bonchev–Trinajstić information content (AvgIpc) is 3.12. The SMILES string of the molecule is C=CC=Cc1ccccc1.CC(C)CP(CC(C)C)(CC(C)C)=NC1=CC=CC1.[Ti]. The van der Waals surface area contributed by atoms with Crippen molar-refractivity contribution in [3.8, 4) is 0 Å². The Kier molecular flexibility index (Phi) is 15.4. The van der Waals surface area contributed by atoms with Gasteiger partial charge in [-0.2, -0.15) is 0 Å². The van der Waals surface area contributed by atoms with Gasteiger partial charge in [-0.05, 0) is 54.9 Å². The van der Waals surface area contributed by atoms with Gasteiger partial charge >= 0.3 is 0 Å². The molecule has 0 saturated carbocycles. The minimum atomic E-state index is -1.20. The van der Waals surface area contributed by atoms with Crippen LogP contribution in [0, 0.1) is 17.8 Å². The van der Waals surface area contributed by atoms with Crippen LogP contribution in [0.3, 0.4) is 0 Å². The number of rotatable bonds is 9. The molecule has 2 rings (SSSR count). The molecule has 0 spiro atoms. The summed E-state index contributed by atoms with van der Waals surface area (Å²) in [5.41, 5.74) is 2.54. The maximum atomic E-state index is 5.34. The third-order valence-corrected chi connectivity index (χ3v) is 9.34. The van der Waals surface area contributed by atoms with Gasteiger partial charge in [-0.1, -0.05) is 109 Å². The third kappa shape index (κ3) is 12.7. The van der Waals surface area contributed by atoms with E-state index >= 15 is 0 Å². The van der Waals surface area contributed by atoms with E-state index in [0.717, 1.165) is 24.2 Å². The van der Waals surface area contributed by atoms with Crippen LogP contribution in [0.2, 0.25) is 0 Å². The molecule has 1 aliphatic rings. The Morgan fingerprint density at radius 2 is 1.47 bits per heavy atom. The van der Waals surface area contributed by atoms with E-state index in [1.165, 1.54) is 29.7 Å². The molecule has 0 aliphatic heterocycles. The maximum Gasteiger partial charge on any atom is 0.0425 e. The Morgan fingerprint density at radius 1 is 0.933 bits per heavy atom. The van der Waals surface area contributed by atoms with Crippen LogP contribution in [-0.2, 0) is 21.7 Å². The minimum absolute atomic E-state index is 0. The Hall–Kier alpha value is -0.876. The molecule has 0 fully saturated rings. The Morgan fingerprint density at radius 3 is 1.87 bits per heavy atom. The fourth-order valence-corrected chi connectivity index (χ4v) is 9.37. The first-order valence-corrected chi connectivity index (χ1v) is 13.3. The van der Waals surface area contributed by atoms with Crippen molar-refractivity contribution in [1.82, 2.24) is 0 Å². The van der Waals surface area contributed by atoms with Crippen LogP contribution < -0.4 is 0 Å². The fraction of sp³-hybridized carbons (Fsp3) is 0.481. The molecule has 0 aromatic heterocycles. The van der Waals surface area contributed by atoms with Crippen LogP contribution >= 0.6 is 7.05 Å². The molecule has 1 aromatic rings. The second-order valence-electron chi connectivity index (χ2n) is 9.22. The van der Waals surface area contributed by atoms with Gasteiger partial charge in [-0.25, -0.2) is 0 Å². The van der Waals surface area contributed by atoms with Crippen molar-refractivity contribution in [3.05, 3.63) is 78.6 Å². The Balaban J connectivity index is 0.000000646. The van der Waals surface area contributed by atoms with Crippen molar-refractivity contribution in [2.45, 2.75) is 48.0 Å². The second kappa shape index (κ2) is 15.9. The normalized spacial score (nSPS) is 13.3. The predicted molar refractivity (Wildman–Crippen MR) is 136 cm³/mol. The zero-order chi connectivity index (χ0) is 21.7. The molecule has 30 heavy (non-hydrogen) atoms. The summed E-state index contributed by atoms with van der Waals surface area (Å²) in [6, 6.07) is 10.1. The molecule has 1 aliphatic carbocycles. The summed E-state index contributed by atoms with van der Waals surface area (Å²) in [6.07, 6.45) is 17.3. The zero-order valence-electron chi connectivity index (χ0n) is 20.0. The van der Waals surface area contributed by atoms with Gasteiger partial charge in [0.1, 0.15) is 0 Å². The van der Waals surface area contributed by atoms with Crippen LogP contribution in [0.5, 0.6) is 0 Å². The first kappa shape index (κ1) is 29.1. The molecule has 0 atom stereocenters. The van der Waals surface area contributed by atoms with Crippen LogP contribution in [0.4, 0.5) is 0 Å². The number of hydrogen-bond acceptors (Lipinski definition) is 1. The van der Waals surface area contributed by atoms with Gasteiger partial charge in [0.2, 0.25) is 0 Å². The fourth-order valence-electron chi connectivity index (χ4n) is 3.91. The predicted octanol–water partition coefficient (Wildman–Crippen LogP) is 8.88. The quantitative estimate of drug-likeness (QED) is 0.199. The van der Waals surface area contributed by atoms with Crippen molar-refractivity contribution >= 4 is 13.1 Å². The average molecular weight is 459 g/mol. The van der Waals surface area contributed by atoms with Crippen molar-refractivity contribution in [1.29, 1.82) is 0 Å². The largest absolute Gasteiger partial charge is 0.272 e. The van der Waals surface area contributed by atoms with E-state index in [2.05, 4.69) is 78.5 Å². The van der Waals surface area contributed by atoms with Crippen LogP contribution in [0.15, 0.2) is 77.7 Å². The summed E-state index contributed by atoms with van der Waals surface area (Å²) in [6.45, 7) is 17.7. The first-order valence-electron chi connectivity index (χ1n) is 11.1. The molecule has 0 radical (unpaired) electrons. The van der Waals surface area contributed by atoms with Gasteiger partial charge in [0.15, 0.2) is 0 Å². The number of nitrogens with zero attached hydrogens (tertiary/aromatic N) is 1. The monoisotopic (exact) mass is 459 g/mol. The number of allylic oxidation sites excluding steroid dienone is 5. The maximum absolute atomic E-state index is 5.34. The Bertz CT molecular complexity index is 706. The minimum Gasteiger partial charge on any atom is -0.272 e. The van der Waals surface area contributed by atoms with E-state index < -0.39 is 7.05 Å². The summed E-state index contributed by atoms with van der Waals surface area (Å²) < 4.78 is 5.34. The van der Waals surface area contributed by atoms with Gasteiger partial charge < -0.3 is 0 Å². The van der Waals surface area contributed by atoms with Crippen LogP contribution in [0.1, 0.15) is 53.5 Å². The molecular formula is C27H42NPTi. The molecule has 0 bridgehead atoms. The van der Waals surface area contributed by atoms with Gasteiger partial charge in [-0.15, -0.1) is 0 Å².